The van der Waals surface area contributed by atoms with Crippen LogP contribution in [0.25, 0.3) is 0 Å². The van der Waals surface area contributed by atoms with Crippen molar-refractivity contribution in [2.75, 3.05) is 5.75 Å². The molecule has 0 saturated carbocycles. The van der Waals surface area contributed by atoms with E-state index in [2.05, 4.69) is 4.98 Å². The summed E-state index contributed by atoms with van der Waals surface area (Å²) in [5.41, 5.74) is 0.794. The standard InChI is InChI=1S/C9H11NO2S2/c1-5-10-7(6-3-2-4-13-6)8(14-5)9(11)12/h6H,2-4H2,1H3,(H,11,12). The number of carboxylic acids is 1. The zero-order valence-electron chi connectivity index (χ0n) is 7.82. The first-order valence-electron chi connectivity index (χ1n) is 4.50. The topological polar surface area (TPSA) is 50.2 Å². The number of thiazole rings is 1. The molecule has 1 aliphatic rings. The van der Waals surface area contributed by atoms with Crippen LogP contribution in [0, 0.1) is 6.92 Å². The van der Waals surface area contributed by atoms with Gasteiger partial charge in [0.05, 0.1) is 10.7 Å². The summed E-state index contributed by atoms with van der Waals surface area (Å²) in [6.07, 6.45) is 2.24. The summed E-state index contributed by atoms with van der Waals surface area (Å²) in [4.78, 5) is 15.7. The van der Waals surface area contributed by atoms with Crippen molar-refractivity contribution in [2.45, 2.75) is 25.0 Å². The van der Waals surface area contributed by atoms with Crippen LogP contribution in [0.15, 0.2) is 0 Å². The summed E-state index contributed by atoms with van der Waals surface area (Å²) in [6.45, 7) is 1.86. The molecule has 2 rings (SSSR count). The Morgan fingerprint density at radius 1 is 1.64 bits per heavy atom. The fourth-order valence-corrected chi connectivity index (χ4v) is 3.78. The molecular formula is C9H11NO2S2. The lowest BCUT2D eigenvalue weighted by molar-refractivity contribution is 0.0700. The van der Waals surface area contributed by atoms with Gasteiger partial charge in [0.2, 0.25) is 0 Å². The minimum absolute atomic E-state index is 0.311. The van der Waals surface area contributed by atoms with Crippen LogP contribution in [0.5, 0.6) is 0 Å². The number of aromatic nitrogens is 1. The molecule has 5 heteroatoms. The third kappa shape index (κ3) is 1.79. The molecule has 1 N–H and O–H groups in total. The maximum Gasteiger partial charge on any atom is 0.347 e. The van der Waals surface area contributed by atoms with E-state index in [0.717, 1.165) is 22.9 Å². The summed E-state index contributed by atoms with van der Waals surface area (Å²) in [5.74, 6) is 0.290. The summed E-state index contributed by atoms with van der Waals surface area (Å²) >= 11 is 3.11. The molecule has 1 aromatic rings. The first kappa shape index (κ1) is 9.98. The zero-order chi connectivity index (χ0) is 10.1. The van der Waals surface area contributed by atoms with Crippen molar-refractivity contribution in [3.05, 3.63) is 15.6 Å². The van der Waals surface area contributed by atoms with Gasteiger partial charge in [-0.05, 0) is 25.5 Å². The highest BCUT2D eigenvalue weighted by molar-refractivity contribution is 7.99. The highest BCUT2D eigenvalue weighted by Gasteiger charge is 2.26. The summed E-state index contributed by atoms with van der Waals surface area (Å²) in [6, 6.07) is 0. The molecule has 2 heterocycles. The molecule has 14 heavy (non-hydrogen) atoms. The number of carbonyl (C=O) groups is 1. The average Bonchev–Trinajstić information content (AvgIpc) is 2.70. The summed E-state index contributed by atoms with van der Waals surface area (Å²) in [7, 11) is 0. The number of rotatable bonds is 2. The monoisotopic (exact) mass is 229 g/mol. The quantitative estimate of drug-likeness (QED) is 0.847. The molecule has 1 aromatic heterocycles. The van der Waals surface area contributed by atoms with E-state index in [0.29, 0.717) is 10.1 Å². The zero-order valence-corrected chi connectivity index (χ0v) is 9.45. The molecule has 0 aromatic carbocycles. The highest BCUT2D eigenvalue weighted by Crippen LogP contribution is 2.41. The average molecular weight is 229 g/mol. The molecule has 0 aliphatic carbocycles. The fourth-order valence-electron chi connectivity index (χ4n) is 1.61. The Morgan fingerprint density at radius 2 is 2.43 bits per heavy atom. The van der Waals surface area contributed by atoms with Crippen molar-refractivity contribution in [3.8, 4) is 0 Å². The predicted octanol–water partition coefficient (Wildman–Crippen LogP) is 2.72. The third-order valence-corrected chi connectivity index (χ3v) is 4.55. The predicted molar refractivity (Wildman–Crippen MR) is 58.2 cm³/mol. The number of carboxylic acid groups (broad SMARTS) is 1. The van der Waals surface area contributed by atoms with E-state index in [-0.39, 0.29) is 0 Å². The van der Waals surface area contributed by atoms with Crippen LogP contribution < -0.4 is 0 Å². The van der Waals surface area contributed by atoms with Gasteiger partial charge in [0, 0.05) is 5.25 Å². The van der Waals surface area contributed by atoms with Crippen molar-refractivity contribution < 1.29 is 9.90 Å². The van der Waals surface area contributed by atoms with E-state index in [1.807, 2.05) is 18.7 Å². The second-order valence-corrected chi connectivity index (χ2v) is 5.77. The Morgan fingerprint density at radius 3 is 3.00 bits per heavy atom. The summed E-state index contributed by atoms with van der Waals surface area (Å²) < 4.78 is 0. The molecule has 1 atom stereocenters. The largest absolute Gasteiger partial charge is 0.477 e. The molecule has 1 aliphatic heterocycles. The van der Waals surface area contributed by atoms with Crippen molar-refractivity contribution in [2.24, 2.45) is 0 Å². The minimum Gasteiger partial charge on any atom is -0.477 e. The second kappa shape index (κ2) is 3.90. The lowest BCUT2D eigenvalue weighted by Crippen LogP contribution is -2.00. The minimum atomic E-state index is -0.835. The number of nitrogens with zero attached hydrogens (tertiary/aromatic N) is 1. The Labute approximate surface area is 90.6 Å². The van der Waals surface area contributed by atoms with Crippen LogP contribution in [0.4, 0.5) is 0 Å². The normalized spacial score (nSPS) is 21.4. The number of aryl methyl sites for hydroxylation is 1. The van der Waals surface area contributed by atoms with Crippen molar-refractivity contribution in [3.63, 3.8) is 0 Å². The Kier molecular flexibility index (Phi) is 2.78. The Balaban J connectivity index is 2.35. The van der Waals surface area contributed by atoms with Crippen molar-refractivity contribution in [1.82, 2.24) is 4.98 Å². The van der Waals surface area contributed by atoms with Gasteiger partial charge in [-0.3, -0.25) is 0 Å². The van der Waals surface area contributed by atoms with Crippen LogP contribution in [-0.2, 0) is 0 Å². The molecule has 1 unspecified atom stereocenters. The molecule has 0 radical (unpaired) electrons. The lowest BCUT2D eigenvalue weighted by atomic mass is 10.2. The molecule has 76 valence electrons. The van der Waals surface area contributed by atoms with Gasteiger partial charge in [0.1, 0.15) is 4.88 Å². The van der Waals surface area contributed by atoms with Crippen LogP contribution in [-0.4, -0.2) is 21.8 Å². The number of hydrogen-bond acceptors (Lipinski definition) is 4. The van der Waals surface area contributed by atoms with Crippen LogP contribution in [0.1, 0.15) is 38.5 Å². The first-order chi connectivity index (χ1) is 6.68. The van der Waals surface area contributed by atoms with Gasteiger partial charge >= 0.3 is 5.97 Å². The van der Waals surface area contributed by atoms with Crippen molar-refractivity contribution in [1.29, 1.82) is 0 Å². The molecule has 3 nitrogen and oxygen atoms in total. The van der Waals surface area contributed by atoms with Gasteiger partial charge in [-0.25, -0.2) is 9.78 Å². The maximum atomic E-state index is 11.0. The number of thioether (sulfide) groups is 1. The van der Waals surface area contributed by atoms with Gasteiger partial charge in [0.25, 0.3) is 0 Å². The molecule has 0 bridgehead atoms. The van der Waals surface area contributed by atoms with E-state index < -0.39 is 5.97 Å². The van der Waals surface area contributed by atoms with Gasteiger partial charge in [0.15, 0.2) is 0 Å². The van der Waals surface area contributed by atoms with Gasteiger partial charge in [-0.2, -0.15) is 11.8 Å². The van der Waals surface area contributed by atoms with E-state index in [4.69, 9.17) is 5.11 Å². The van der Waals surface area contributed by atoms with Crippen molar-refractivity contribution >= 4 is 29.1 Å². The fraction of sp³-hybridized carbons (Fsp3) is 0.556. The van der Waals surface area contributed by atoms with E-state index >= 15 is 0 Å². The van der Waals surface area contributed by atoms with E-state index in [1.54, 1.807) is 0 Å². The van der Waals surface area contributed by atoms with Crippen LogP contribution >= 0.6 is 23.1 Å². The molecule has 1 fully saturated rings. The Bertz CT molecular complexity index is 356. The van der Waals surface area contributed by atoms with Gasteiger partial charge < -0.3 is 5.11 Å². The van der Waals surface area contributed by atoms with Crippen LogP contribution in [0.2, 0.25) is 0 Å². The van der Waals surface area contributed by atoms with E-state index in [9.17, 15) is 4.79 Å². The van der Waals surface area contributed by atoms with Gasteiger partial charge in [-0.1, -0.05) is 0 Å². The first-order valence-corrected chi connectivity index (χ1v) is 6.37. The maximum absolute atomic E-state index is 11.0. The van der Waals surface area contributed by atoms with Crippen LogP contribution in [0.3, 0.4) is 0 Å². The molecular weight excluding hydrogens is 218 g/mol. The molecule has 1 saturated heterocycles. The highest BCUT2D eigenvalue weighted by atomic mass is 32.2. The second-order valence-electron chi connectivity index (χ2n) is 3.25. The summed E-state index contributed by atoms with van der Waals surface area (Å²) in [5, 5.41) is 10.2. The smallest absolute Gasteiger partial charge is 0.347 e. The lowest BCUT2D eigenvalue weighted by Gasteiger charge is -2.05. The number of hydrogen-bond donors (Lipinski definition) is 1. The van der Waals surface area contributed by atoms with E-state index in [1.165, 1.54) is 17.8 Å². The number of aromatic carboxylic acids is 1. The third-order valence-electron chi connectivity index (χ3n) is 2.19. The molecule has 0 spiro atoms. The SMILES string of the molecule is Cc1nc(C2CCCS2)c(C(=O)O)s1. The Hall–Kier alpha value is -0.550. The van der Waals surface area contributed by atoms with Gasteiger partial charge in [-0.15, -0.1) is 11.3 Å². The molecule has 0 amide bonds.